The molecule has 1 nitrogen and oxygen atoms in total. The Hall–Kier alpha value is -2.67. The maximum Gasteiger partial charge on any atom is 0.185 e. The van der Waals surface area contributed by atoms with Crippen molar-refractivity contribution in [2.45, 2.75) is 0 Å². The third kappa shape index (κ3) is 4.54. The van der Waals surface area contributed by atoms with Crippen LogP contribution < -0.4 is 0 Å². The largest absolute Gasteiger partial charge is 0.289 e. The molecule has 0 bridgehead atoms. The van der Waals surface area contributed by atoms with E-state index in [4.69, 9.17) is 0 Å². The van der Waals surface area contributed by atoms with E-state index >= 15 is 0 Å². The standard InChI is InChI=1S/C19H16O/c20-19(18-14-8-4-9-15-18)16-10-2-1-5-11-17-12-6-3-7-13-17/h1-16H. The summed E-state index contributed by atoms with van der Waals surface area (Å²) in [5, 5.41) is 0. The summed E-state index contributed by atoms with van der Waals surface area (Å²) in [5.41, 5.74) is 1.86. The molecule has 2 aromatic rings. The fourth-order valence-electron chi connectivity index (χ4n) is 1.70. The molecule has 2 rings (SSSR count). The lowest BCUT2D eigenvalue weighted by Gasteiger charge is -1.92. The summed E-state index contributed by atoms with van der Waals surface area (Å²) >= 11 is 0. The maximum atomic E-state index is 11.8. The molecule has 0 amide bonds. The molecule has 1 heteroatoms. The van der Waals surface area contributed by atoms with E-state index < -0.39 is 0 Å². The molecule has 0 aliphatic heterocycles. The van der Waals surface area contributed by atoms with Gasteiger partial charge in [-0.1, -0.05) is 91.0 Å². The van der Waals surface area contributed by atoms with Crippen LogP contribution in [0.4, 0.5) is 0 Å². The van der Waals surface area contributed by atoms with E-state index in [1.165, 1.54) is 0 Å². The van der Waals surface area contributed by atoms with Crippen molar-refractivity contribution in [1.82, 2.24) is 0 Å². The van der Waals surface area contributed by atoms with Crippen LogP contribution >= 0.6 is 0 Å². The predicted molar refractivity (Wildman–Crippen MR) is 84.5 cm³/mol. The van der Waals surface area contributed by atoms with E-state index in [1.807, 2.05) is 85.0 Å². The molecule has 0 radical (unpaired) electrons. The van der Waals surface area contributed by atoms with Gasteiger partial charge in [0.25, 0.3) is 0 Å². The molecular formula is C19H16O. The molecule has 0 atom stereocenters. The quantitative estimate of drug-likeness (QED) is 0.433. The third-order valence-corrected chi connectivity index (χ3v) is 2.73. The number of carbonyl (C=O) groups excluding carboxylic acids is 1. The van der Waals surface area contributed by atoms with Gasteiger partial charge < -0.3 is 0 Å². The molecule has 0 saturated carbocycles. The second-order valence-corrected chi connectivity index (χ2v) is 4.24. The number of rotatable bonds is 5. The van der Waals surface area contributed by atoms with Crippen LogP contribution in [0.5, 0.6) is 0 Å². The molecule has 0 N–H and O–H groups in total. The molecule has 0 aliphatic carbocycles. The van der Waals surface area contributed by atoms with Gasteiger partial charge in [-0.05, 0) is 11.6 Å². The Kier molecular flexibility index (Phi) is 5.29. The smallest absolute Gasteiger partial charge is 0.185 e. The molecule has 2 aromatic carbocycles. The minimum Gasteiger partial charge on any atom is -0.289 e. The summed E-state index contributed by atoms with van der Waals surface area (Å²) < 4.78 is 0. The van der Waals surface area contributed by atoms with Crippen LogP contribution in [0.1, 0.15) is 15.9 Å². The molecule has 0 saturated heterocycles. The van der Waals surface area contributed by atoms with E-state index in [0.717, 1.165) is 5.56 Å². The molecule has 0 spiro atoms. The molecule has 0 unspecified atom stereocenters. The minimum absolute atomic E-state index is 0.0160. The highest BCUT2D eigenvalue weighted by Gasteiger charge is 1.97. The highest BCUT2D eigenvalue weighted by molar-refractivity contribution is 6.04. The highest BCUT2D eigenvalue weighted by atomic mass is 16.1. The number of allylic oxidation sites excluding steroid dienone is 5. The SMILES string of the molecule is O=C(C=CC=CC=Cc1ccccc1)c1ccccc1. The van der Waals surface area contributed by atoms with Gasteiger partial charge in [-0.25, -0.2) is 0 Å². The second-order valence-electron chi connectivity index (χ2n) is 4.24. The number of hydrogen-bond donors (Lipinski definition) is 0. The lowest BCUT2D eigenvalue weighted by Crippen LogP contribution is -1.92. The van der Waals surface area contributed by atoms with Gasteiger partial charge in [0.05, 0.1) is 0 Å². The van der Waals surface area contributed by atoms with Gasteiger partial charge >= 0.3 is 0 Å². The lowest BCUT2D eigenvalue weighted by atomic mass is 10.1. The zero-order chi connectivity index (χ0) is 14.0. The average molecular weight is 260 g/mol. The van der Waals surface area contributed by atoms with Crippen molar-refractivity contribution in [3.8, 4) is 0 Å². The summed E-state index contributed by atoms with van der Waals surface area (Å²) in [4.78, 5) is 11.8. The van der Waals surface area contributed by atoms with Crippen LogP contribution in [0.2, 0.25) is 0 Å². The Balaban J connectivity index is 1.86. The van der Waals surface area contributed by atoms with Gasteiger partial charge in [0.2, 0.25) is 0 Å². The van der Waals surface area contributed by atoms with Crippen molar-refractivity contribution in [1.29, 1.82) is 0 Å². The molecular weight excluding hydrogens is 244 g/mol. The lowest BCUT2D eigenvalue weighted by molar-refractivity contribution is 0.104. The topological polar surface area (TPSA) is 17.1 Å². The van der Waals surface area contributed by atoms with Crippen LogP contribution in [0.15, 0.2) is 91.0 Å². The summed E-state index contributed by atoms with van der Waals surface area (Å²) in [7, 11) is 0. The Morgan fingerprint density at radius 1 is 0.700 bits per heavy atom. The first-order valence-corrected chi connectivity index (χ1v) is 6.52. The third-order valence-electron chi connectivity index (χ3n) is 2.73. The van der Waals surface area contributed by atoms with E-state index in [2.05, 4.69) is 0 Å². The Morgan fingerprint density at radius 3 is 2.00 bits per heavy atom. The Labute approximate surface area is 119 Å². The molecule has 0 aromatic heterocycles. The van der Waals surface area contributed by atoms with Crippen molar-refractivity contribution in [2.75, 3.05) is 0 Å². The first-order valence-electron chi connectivity index (χ1n) is 6.52. The predicted octanol–water partition coefficient (Wildman–Crippen LogP) is 4.70. The van der Waals surface area contributed by atoms with Gasteiger partial charge in [0.1, 0.15) is 0 Å². The van der Waals surface area contributed by atoms with Crippen LogP contribution in [-0.2, 0) is 0 Å². The zero-order valence-corrected chi connectivity index (χ0v) is 11.1. The first kappa shape index (κ1) is 13.8. The van der Waals surface area contributed by atoms with Gasteiger partial charge in [0.15, 0.2) is 5.78 Å². The fraction of sp³-hybridized carbons (Fsp3) is 0. The van der Waals surface area contributed by atoms with Gasteiger partial charge in [0, 0.05) is 5.56 Å². The molecule has 20 heavy (non-hydrogen) atoms. The van der Waals surface area contributed by atoms with Crippen molar-refractivity contribution < 1.29 is 4.79 Å². The van der Waals surface area contributed by atoms with Gasteiger partial charge in [-0.3, -0.25) is 4.79 Å². The minimum atomic E-state index is 0.0160. The second kappa shape index (κ2) is 7.70. The zero-order valence-electron chi connectivity index (χ0n) is 11.1. The Morgan fingerprint density at radius 2 is 1.30 bits per heavy atom. The maximum absolute atomic E-state index is 11.8. The van der Waals surface area contributed by atoms with E-state index in [-0.39, 0.29) is 5.78 Å². The van der Waals surface area contributed by atoms with Crippen molar-refractivity contribution >= 4 is 11.9 Å². The number of benzene rings is 2. The van der Waals surface area contributed by atoms with Crippen molar-refractivity contribution in [2.24, 2.45) is 0 Å². The normalized spacial score (nSPS) is 11.6. The fourth-order valence-corrected chi connectivity index (χ4v) is 1.70. The van der Waals surface area contributed by atoms with Crippen LogP contribution in [-0.4, -0.2) is 5.78 Å². The monoisotopic (exact) mass is 260 g/mol. The number of carbonyl (C=O) groups is 1. The molecule has 0 heterocycles. The first-order chi connectivity index (χ1) is 9.86. The molecule has 0 fully saturated rings. The summed E-state index contributed by atoms with van der Waals surface area (Å²) in [6.07, 6.45) is 11.0. The summed E-state index contributed by atoms with van der Waals surface area (Å²) in [6.45, 7) is 0. The number of hydrogen-bond acceptors (Lipinski definition) is 1. The average Bonchev–Trinajstić information content (AvgIpc) is 2.52. The van der Waals surface area contributed by atoms with Crippen LogP contribution in [0, 0.1) is 0 Å². The van der Waals surface area contributed by atoms with Gasteiger partial charge in [-0.2, -0.15) is 0 Å². The summed E-state index contributed by atoms with van der Waals surface area (Å²) in [5.74, 6) is 0.0160. The highest BCUT2D eigenvalue weighted by Crippen LogP contribution is 2.02. The molecule has 98 valence electrons. The Bertz CT molecular complexity index is 619. The van der Waals surface area contributed by atoms with E-state index in [0.29, 0.717) is 5.56 Å². The van der Waals surface area contributed by atoms with Crippen LogP contribution in [0.3, 0.4) is 0 Å². The van der Waals surface area contributed by atoms with E-state index in [1.54, 1.807) is 12.2 Å². The summed E-state index contributed by atoms with van der Waals surface area (Å²) in [6, 6.07) is 19.3. The molecule has 0 aliphatic rings. The van der Waals surface area contributed by atoms with Crippen molar-refractivity contribution in [3.05, 3.63) is 102 Å². The van der Waals surface area contributed by atoms with Crippen molar-refractivity contribution in [3.63, 3.8) is 0 Å². The van der Waals surface area contributed by atoms with Crippen LogP contribution in [0.25, 0.3) is 6.08 Å². The van der Waals surface area contributed by atoms with Gasteiger partial charge in [-0.15, -0.1) is 0 Å². The van der Waals surface area contributed by atoms with E-state index in [9.17, 15) is 4.79 Å². The number of ketones is 1.